The summed E-state index contributed by atoms with van der Waals surface area (Å²) in [6.07, 6.45) is 0.750. The lowest BCUT2D eigenvalue weighted by Gasteiger charge is -2.24. The maximum Gasteiger partial charge on any atom is 0.237 e. The van der Waals surface area contributed by atoms with E-state index in [1.165, 1.54) is 11.1 Å². The molecule has 0 fully saturated rings. The van der Waals surface area contributed by atoms with Gasteiger partial charge in [0.1, 0.15) is 0 Å². The third-order valence-corrected chi connectivity index (χ3v) is 4.44. The lowest BCUT2D eigenvalue weighted by atomic mass is 9.77. The van der Waals surface area contributed by atoms with Crippen LogP contribution in [0.5, 0.6) is 0 Å². The van der Waals surface area contributed by atoms with Crippen molar-refractivity contribution < 1.29 is 4.79 Å². The maximum absolute atomic E-state index is 12.7. The van der Waals surface area contributed by atoms with Crippen LogP contribution in [0.25, 0.3) is 0 Å². The summed E-state index contributed by atoms with van der Waals surface area (Å²) in [5, 5.41) is 0. The number of amides is 1. The molecule has 1 amide bonds. The minimum absolute atomic E-state index is 0.182. The number of nitrogens with zero attached hydrogens (tertiary/aromatic N) is 1. The predicted molar refractivity (Wildman–Crippen MR) is 82.1 cm³/mol. The number of para-hydroxylation sites is 1. The summed E-state index contributed by atoms with van der Waals surface area (Å²) in [5.74, 6) is 0.182. The third-order valence-electron chi connectivity index (χ3n) is 4.44. The van der Waals surface area contributed by atoms with E-state index in [9.17, 15) is 4.79 Å². The summed E-state index contributed by atoms with van der Waals surface area (Å²) in [4.78, 5) is 14.5. The molecule has 102 valence electrons. The number of hydrogen-bond acceptors (Lipinski definition) is 1. The normalized spacial score (nSPS) is 21.1. The van der Waals surface area contributed by atoms with Crippen molar-refractivity contribution in [1.29, 1.82) is 0 Å². The molecule has 1 aliphatic heterocycles. The Morgan fingerprint density at radius 1 is 1.05 bits per heavy atom. The average molecular weight is 265 g/mol. The molecular weight excluding hydrogens is 246 g/mol. The van der Waals surface area contributed by atoms with E-state index in [0.29, 0.717) is 0 Å². The minimum Gasteiger partial charge on any atom is -0.314 e. The Morgan fingerprint density at radius 2 is 1.70 bits per heavy atom. The third kappa shape index (κ3) is 1.75. The van der Waals surface area contributed by atoms with Crippen LogP contribution in [0.4, 0.5) is 5.69 Å². The molecule has 0 aromatic heterocycles. The fourth-order valence-electron chi connectivity index (χ4n) is 3.19. The Bertz CT molecular complexity index is 677. The summed E-state index contributed by atoms with van der Waals surface area (Å²) in [5.41, 5.74) is 4.20. The van der Waals surface area contributed by atoms with Crippen molar-refractivity contribution in [1.82, 2.24) is 0 Å². The van der Waals surface area contributed by atoms with Crippen LogP contribution in [0.2, 0.25) is 0 Å². The van der Waals surface area contributed by atoms with Crippen LogP contribution < -0.4 is 4.90 Å². The molecule has 1 aliphatic rings. The van der Waals surface area contributed by atoms with Crippen LogP contribution in [0.3, 0.4) is 0 Å². The Kier molecular flexibility index (Phi) is 2.89. The number of anilines is 1. The lowest BCUT2D eigenvalue weighted by Crippen LogP contribution is -2.38. The summed E-state index contributed by atoms with van der Waals surface area (Å²) in [6, 6.07) is 16.4. The number of fused-ring (bicyclic) bond motifs is 1. The molecular formula is C18H19NO. The van der Waals surface area contributed by atoms with Crippen LogP contribution in [0, 0.1) is 6.92 Å². The molecule has 1 heterocycles. The van der Waals surface area contributed by atoms with E-state index in [2.05, 4.69) is 32.0 Å². The van der Waals surface area contributed by atoms with E-state index in [4.69, 9.17) is 0 Å². The SMILES string of the molecule is Cc1ccccc1CC1(C)C(=O)N(C)c2ccccc21. The Hall–Kier alpha value is -2.09. The topological polar surface area (TPSA) is 20.3 Å². The van der Waals surface area contributed by atoms with Gasteiger partial charge in [0.05, 0.1) is 5.41 Å². The highest BCUT2D eigenvalue weighted by molar-refractivity contribution is 6.07. The molecule has 1 atom stereocenters. The first-order chi connectivity index (χ1) is 9.54. The zero-order valence-electron chi connectivity index (χ0n) is 12.2. The van der Waals surface area contributed by atoms with Crippen molar-refractivity contribution in [3.05, 3.63) is 65.2 Å². The quantitative estimate of drug-likeness (QED) is 0.814. The highest BCUT2D eigenvalue weighted by Gasteiger charge is 2.45. The van der Waals surface area contributed by atoms with Crippen LogP contribution in [0.1, 0.15) is 23.6 Å². The van der Waals surface area contributed by atoms with Gasteiger partial charge in [0.15, 0.2) is 0 Å². The first-order valence-corrected chi connectivity index (χ1v) is 6.96. The van der Waals surface area contributed by atoms with E-state index in [0.717, 1.165) is 17.7 Å². The molecule has 0 radical (unpaired) electrons. The zero-order chi connectivity index (χ0) is 14.3. The van der Waals surface area contributed by atoms with Crippen molar-refractivity contribution in [2.45, 2.75) is 25.7 Å². The smallest absolute Gasteiger partial charge is 0.237 e. The van der Waals surface area contributed by atoms with Crippen molar-refractivity contribution >= 4 is 11.6 Å². The fraction of sp³-hybridized carbons (Fsp3) is 0.278. The number of rotatable bonds is 2. The zero-order valence-corrected chi connectivity index (χ0v) is 12.2. The fourth-order valence-corrected chi connectivity index (χ4v) is 3.19. The summed E-state index contributed by atoms with van der Waals surface area (Å²) < 4.78 is 0. The largest absolute Gasteiger partial charge is 0.314 e. The Labute approximate surface area is 120 Å². The predicted octanol–water partition coefficient (Wildman–Crippen LogP) is 3.47. The van der Waals surface area contributed by atoms with Gasteiger partial charge >= 0.3 is 0 Å². The second-order valence-corrected chi connectivity index (χ2v) is 5.82. The van der Waals surface area contributed by atoms with Crippen molar-refractivity contribution in [3.63, 3.8) is 0 Å². The molecule has 2 aromatic rings. The van der Waals surface area contributed by atoms with Gasteiger partial charge in [0.25, 0.3) is 0 Å². The van der Waals surface area contributed by atoms with Gasteiger partial charge in [-0.25, -0.2) is 0 Å². The molecule has 0 bridgehead atoms. The molecule has 2 heteroatoms. The van der Waals surface area contributed by atoms with E-state index >= 15 is 0 Å². The number of carbonyl (C=O) groups is 1. The van der Waals surface area contributed by atoms with Gasteiger partial charge in [-0.1, -0.05) is 42.5 Å². The van der Waals surface area contributed by atoms with Crippen molar-refractivity contribution in [2.75, 3.05) is 11.9 Å². The molecule has 0 spiro atoms. The van der Waals surface area contributed by atoms with Gasteiger partial charge in [-0.2, -0.15) is 0 Å². The van der Waals surface area contributed by atoms with Gasteiger partial charge in [0, 0.05) is 12.7 Å². The monoisotopic (exact) mass is 265 g/mol. The molecule has 0 N–H and O–H groups in total. The highest BCUT2D eigenvalue weighted by atomic mass is 16.2. The van der Waals surface area contributed by atoms with Crippen LogP contribution in [-0.4, -0.2) is 13.0 Å². The number of carbonyl (C=O) groups excluding carboxylic acids is 1. The van der Waals surface area contributed by atoms with E-state index < -0.39 is 5.41 Å². The van der Waals surface area contributed by atoms with Gasteiger partial charge in [0.2, 0.25) is 5.91 Å². The second-order valence-electron chi connectivity index (χ2n) is 5.82. The minimum atomic E-state index is -0.461. The first kappa shape index (κ1) is 12.9. The van der Waals surface area contributed by atoms with Crippen molar-refractivity contribution in [3.8, 4) is 0 Å². The number of likely N-dealkylation sites (N-methyl/N-ethyl adjacent to an activating group) is 1. The second kappa shape index (κ2) is 4.48. The average Bonchev–Trinajstić information content (AvgIpc) is 2.65. The first-order valence-electron chi connectivity index (χ1n) is 6.96. The van der Waals surface area contributed by atoms with Crippen LogP contribution in [-0.2, 0) is 16.6 Å². The molecule has 0 saturated heterocycles. The molecule has 0 aliphatic carbocycles. The summed E-state index contributed by atoms with van der Waals surface area (Å²) in [7, 11) is 1.87. The highest BCUT2D eigenvalue weighted by Crippen LogP contribution is 2.43. The number of hydrogen-bond donors (Lipinski definition) is 0. The van der Waals surface area contributed by atoms with Gasteiger partial charge in [-0.3, -0.25) is 4.79 Å². The van der Waals surface area contributed by atoms with Gasteiger partial charge in [-0.05, 0) is 43.0 Å². The van der Waals surface area contributed by atoms with Gasteiger partial charge in [-0.15, -0.1) is 0 Å². The maximum atomic E-state index is 12.7. The molecule has 1 unspecified atom stereocenters. The van der Waals surface area contributed by atoms with Crippen LogP contribution in [0.15, 0.2) is 48.5 Å². The molecule has 0 saturated carbocycles. The summed E-state index contributed by atoms with van der Waals surface area (Å²) >= 11 is 0. The Balaban J connectivity index is 2.08. The lowest BCUT2D eigenvalue weighted by molar-refractivity contribution is -0.122. The van der Waals surface area contributed by atoms with Gasteiger partial charge < -0.3 is 4.90 Å². The molecule has 20 heavy (non-hydrogen) atoms. The van der Waals surface area contributed by atoms with E-state index in [1.807, 2.05) is 37.4 Å². The Morgan fingerprint density at radius 3 is 2.45 bits per heavy atom. The number of benzene rings is 2. The molecule has 2 aromatic carbocycles. The molecule has 3 rings (SSSR count). The standard InChI is InChI=1S/C18H19NO/c1-13-8-4-5-9-14(13)12-18(2)15-10-6-7-11-16(15)19(3)17(18)20/h4-11H,12H2,1-3H3. The van der Waals surface area contributed by atoms with Crippen molar-refractivity contribution in [2.24, 2.45) is 0 Å². The summed E-state index contributed by atoms with van der Waals surface area (Å²) in [6.45, 7) is 4.16. The van der Waals surface area contributed by atoms with Crippen LogP contribution >= 0.6 is 0 Å². The number of aryl methyl sites for hydroxylation is 1. The van der Waals surface area contributed by atoms with E-state index in [-0.39, 0.29) is 5.91 Å². The van der Waals surface area contributed by atoms with E-state index in [1.54, 1.807) is 4.90 Å². The molecule has 2 nitrogen and oxygen atoms in total.